The van der Waals surface area contributed by atoms with Crippen LogP contribution in [-0.2, 0) is 28.6 Å². The van der Waals surface area contributed by atoms with E-state index in [1.807, 2.05) is 0 Å². The van der Waals surface area contributed by atoms with Crippen molar-refractivity contribution >= 4 is 40.2 Å². The van der Waals surface area contributed by atoms with Gasteiger partial charge in [0.2, 0.25) is 11.1 Å². The Morgan fingerprint density at radius 1 is 1.48 bits per heavy atom. The smallest absolute Gasteiger partial charge is 0.273 e. The molecule has 0 aliphatic rings. The lowest BCUT2D eigenvalue weighted by Crippen LogP contribution is -2.37. The minimum Gasteiger partial charge on any atom is -0.273 e. The van der Waals surface area contributed by atoms with Crippen LogP contribution < -0.4 is 11.2 Å². The Balaban J connectivity index is 2.17. The van der Waals surface area contributed by atoms with Crippen molar-refractivity contribution < 1.29 is 30.8 Å². The van der Waals surface area contributed by atoms with E-state index >= 15 is 0 Å². The third kappa shape index (κ3) is 3.94. The lowest BCUT2D eigenvalue weighted by atomic mass is 10.4. The first-order valence-corrected chi connectivity index (χ1v) is 9.19. The Labute approximate surface area is 147 Å². The fraction of sp³-hybridized carbons (Fsp3) is 0.300. The number of alkyl halides is 3. The van der Waals surface area contributed by atoms with Crippen molar-refractivity contribution in [1.29, 1.82) is 0 Å². The second-order valence-corrected chi connectivity index (χ2v) is 6.90. The highest BCUT2D eigenvalue weighted by Gasteiger charge is 2.39. The van der Waals surface area contributed by atoms with Crippen LogP contribution in [0.3, 0.4) is 0 Å². The molecule has 0 radical (unpaired) electrons. The van der Waals surface area contributed by atoms with E-state index in [1.165, 1.54) is 12.5 Å². The number of aromatic nitrogens is 3. The molecule has 8 nitrogen and oxygen atoms in total. The van der Waals surface area contributed by atoms with Crippen LogP contribution in [0.2, 0.25) is 0 Å². The monoisotopic (exact) mass is 420 g/mol. The molecule has 0 fully saturated rings. The van der Waals surface area contributed by atoms with Crippen molar-refractivity contribution in [1.82, 2.24) is 19.8 Å². The highest BCUT2D eigenvalue weighted by atomic mass is 32.2. The average Bonchev–Trinajstić information content (AvgIpc) is 3.06. The van der Waals surface area contributed by atoms with Gasteiger partial charge in [0.05, 0.1) is 0 Å². The molecule has 1 unspecified atom stereocenters. The maximum Gasteiger partial charge on any atom is 0.426 e. The summed E-state index contributed by atoms with van der Waals surface area (Å²) in [6.07, 6.45) is -3.36. The Bertz CT molecular complexity index is 888. The molecule has 1 atom stereocenters. The van der Waals surface area contributed by atoms with Crippen LogP contribution in [0.5, 0.6) is 0 Å². The van der Waals surface area contributed by atoms with Gasteiger partial charge >= 0.3 is 17.9 Å². The van der Waals surface area contributed by atoms with Crippen LogP contribution in [0.25, 0.3) is 0 Å². The predicted octanol–water partition coefficient (Wildman–Crippen LogP) is 1.74. The summed E-state index contributed by atoms with van der Waals surface area (Å²) in [6, 6.07) is -1.31. The van der Waals surface area contributed by atoms with Gasteiger partial charge in [0.15, 0.2) is 11.0 Å². The van der Waals surface area contributed by atoms with Gasteiger partial charge in [0.1, 0.15) is 9.77 Å². The molecule has 0 saturated heterocycles. The van der Waals surface area contributed by atoms with Gasteiger partial charge in [-0.05, 0) is 6.26 Å². The number of amides is 1. The quantitative estimate of drug-likeness (QED) is 0.460. The number of hydrogen-bond acceptors (Lipinski definition) is 7. The summed E-state index contributed by atoms with van der Waals surface area (Å²) in [6.45, 7) is 0. The molecule has 0 aliphatic heterocycles. The average molecular weight is 420 g/mol. The fourth-order valence-electron chi connectivity index (χ4n) is 1.56. The molecular weight excluding hydrogens is 412 g/mol. The van der Waals surface area contributed by atoms with E-state index in [2.05, 4.69) is 9.38 Å². The van der Waals surface area contributed by atoms with E-state index in [0.29, 0.717) is 10.1 Å². The second kappa shape index (κ2) is 7.27. The Morgan fingerprint density at radius 2 is 2.12 bits per heavy atom. The molecular formula is C10H8F4N4O4S3. The zero-order valence-electron chi connectivity index (χ0n) is 12.3. The van der Waals surface area contributed by atoms with Crippen molar-refractivity contribution in [3.8, 4) is 0 Å². The van der Waals surface area contributed by atoms with Crippen LogP contribution in [0.1, 0.15) is 4.88 Å². The first-order valence-electron chi connectivity index (χ1n) is 6.01. The Hall–Kier alpha value is -1.71. The van der Waals surface area contributed by atoms with Gasteiger partial charge in [-0.2, -0.15) is 22.9 Å². The third-order valence-electron chi connectivity index (χ3n) is 2.65. The van der Waals surface area contributed by atoms with E-state index in [4.69, 9.17) is 0 Å². The van der Waals surface area contributed by atoms with Crippen LogP contribution >= 0.6 is 23.1 Å². The largest absolute Gasteiger partial charge is 0.426 e. The molecule has 25 heavy (non-hydrogen) atoms. The number of rotatable bonds is 4. The lowest BCUT2D eigenvalue weighted by Gasteiger charge is -2.07. The van der Waals surface area contributed by atoms with E-state index in [0.717, 1.165) is 16.3 Å². The van der Waals surface area contributed by atoms with E-state index in [-0.39, 0.29) is 16.5 Å². The van der Waals surface area contributed by atoms with Gasteiger partial charge < -0.3 is 0 Å². The number of carbonyl (C=O) groups is 1. The number of halogens is 4. The SMILES string of the molecule is CSc1nn(C(=O)NOS(=O)c2c(F)csc2C(F)(F)F)c(=O)n1C. The van der Waals surface area contributed by atoms with Crippen molar-refractivity contribution in [2.45, 2.75) is 16.2 Å². The Kier molecular flexibility index (Phi) is 5.70. The molecule has 1 N–H and O–H groups in total. The number of carbonyl (C=O) groups excluding carboxylic acids is 1. The Morgan fingerprint density at radius 3 is 2.64 bits per heavy atom. The molecule has 2 aromatic rings. The van der Waals surface area contributed by atoms with Crippen LogP contribution in [0.4, 0.5) is 22.4 Å². The van der Waals surface area contributed by atoms with Crippen molar-refractivity contribution in [3.63, 3.8) is 0 Å². The second-order valence-electron chi connectivity index (χ2n) is 4.20. The molecule has 0 aromatic carbocycles. The summed E-state index contributed by atoms with van der Waals surface area (Å²) in [4.78, 5) is 20.8. The summed E-state index contributed by atoms with van der Waals surface area (Å²) in [5.74, 6) is -1.40. The molecule has 2 rings (SSSR count). The topological polar surface area (TPSA) is 95.2 Å². The molecule has 0 spiro atoms. The molecule has 0 aliphatic carbocycles. The van der Waals surface area contributed by atoms with E-state index in [1.54, 1.807) is 6.26 Å². The summed E-state index contributed by atoms with van der Waals surface area (Å²) < 4.78 is 69.0. The number of thiophene rings is 1. The fourth-order valence-corrected chi connectivity index (χ4v) is 3.90. The molecule has 1 amide bonds. The third-order valence-corrected chi connectivity index (χ3v) is 5.46. The maximum absolute atomic E-state index is 13.5. The highest BCUT2D eigenvalue weighted by molar-refractivity contribution is 7.98. The zero-order valence-corrected chi connectivity index (χ0v) is 14.7. The van der Waals surface area contributed by atoms with Gasteiger partial charge in [-0.15, -0.1) is 21.1 Å². The van der Waals surface area contributed by atoms with Gasteiger partial charge in [0, 0.05) is 12.4 Å². The summed E-state index contributed by atoms with van der Waals surface area (Å²) in [7, 11) is 1.33. The molecule has 15 heteroatoms. The number of hydroxylamine groups is 1. The summed E-state index contributed by atoms with van der Waals surface area (Å²) in [5.41, 5.74) is 0.641. The van der Waals surface area contributed by atoms with Crippen molar-refractivity contribution in [3.05, 3.63) is 26.6 Å². The molecule has 0 bridgehead atoms. The van der Waals surface area contributed by atoms with E-state index in [9.17, 15) is 31.4 Å². The molecule has 0 saturated carbocycles. The summed E-state index contributed by atoms with van der Waals surface area (Å²) in [5, 5.41) is 4.31. The number of hydrogen-bond donors (Lipinski definition) is 1. The first-order chi connectivity index (χ1) is 11.6. The number of nitrogens with one attached hydrogen (secondary N) is 1. The van der Waals surface area contributed by atoms with Gasteiger partial charge in [-0.25, -0.2) is 18.2 Å². The molecule has 138 valence electrons. The number of thioether (sulfide) groups is 1. The minimum atomic E-state index is -4.95. The van der Waals surface area contributed by atoms with Gasteiger partial charge in [-0.1, -0.05) is 11.8 Å². The van der Waals surface area contributed by atoms with Gasteiger partial charge in [0.25, 0.3) is 0 Å². The van der Waals surface area contributed by atoms with Gasteiger partial charge in [-0.3, -0.25) is 4.57 Å². The first kappa shape index (κ1) is 19.6. The lowest BCUT2D eigenvalue weighted by molar-refractivity contribution is -0.136. The zero-order chi connectivity index (χ0) is 18.9. The van der Waals surface area contributed by atoms with E-state index < -0.39 is 44.6 Å². The van der Waals surface area contributed by atoms with Crippen LogP contribution in [0.15, 0.2) is 20.2 Å². The number of nitrogens with zero attached hydrogens (tertiary/aromatic N) is 3. The minimum absolute atomic E-state index is 0.00662. The maximum atomic E-state index is 13.5. The van der Waals surface area contributed by atoms with Crippen molar-refractivity contribution in [2.24, 2.45) is 7.05 Å². The van der Waals surface area contributed by atoms with Crippen molar-refractivity contribution in [2.75, 3.05) is 6.26 Å². The predicted molar refractivity (Wildman–Crippen MR) is 80.0 cm³/mol. The standard InChI is InChI=1S/C10H8F4N4O4S3/c1-17-8(23-2)15-18(9(17)20)7(19)16-22-25(21)5-4(11)3-24-6(5)10(12,13)14/h3H,1-2H3,(H,16,19). The normalized spacial score (nSPS) is 13.0. The summed E-state index contributed by atoms with van der Waals surface area (Å²) >= 11 is -1.95. The molecule has 2 aromatic heterocycles. The van der Waals surface area contributed by atoms with Crippen LogP contribution in [0, 0.1) is 5.82 Å². The molecule has 2 heterocycles. The highest BCUT2D eigenvalue weighted by Crippen LogP contribution is 2.39. The van der Waals surface area contributed by atoms with Crippen LogP contribution in [-0.4, -0.2) is 30.8 Å².